The van der Waals surface area contributed by atoms with E-state index in [4.69, 9.17) is 0 Å². The van der Waals surface area contributed by atoms with Crippen LogP contribution in [0.3, 0.4) is 0 Å². The number of carbonyl (C=O) groups is 2. The van der Waals surface area contributed by atoms with Crippen molar-refractivity contribution in [3.05, 3.63) is 35.9 Å². The number of amides is 2. The van der Waals surface area contributed by atoms with E-state index >= 15 is 0 Å². The molecule has 1 heterocycles. The Kier molecular flexibility index (Phi) is 5.95. The van der Waals surface area contributed by atoms with E-state index in [2.05, 4.69) is 22.9 Å². The number of hydrogen-bond donors (Lipinski definition) is 3. The van der Waals surface area contributed by atoms with Crippen LogP contribution in [0.1, 0.15) is 32.3 Å². The summed E-state index contributed by atoms with van der Waals surface area (Å²) < 4.78 is 0. The largest absolute Gasteiger partial charge is 0.350 e. The van der Waals surface area contributed by atoms with Gasteiger partial charge < -0.3 is 16.0 Å². The smallest absolute Gasteiger partial charge is 0.242 e. The summed E-state index contributed by atoms with van der Waals surface area (Å²) in [5, 5.41) is 9.00. The van der Waals surface area contributed by atoms with Crippen molar-refractivity contribution in [1.29, 1.82) is 0 Å². The van der Waals surface area contributed by atoms with Crippen molar-refractivity contribution in [2.45, 2.75) is 45.3 Å². The third kappa shape index (κ3) is 4.84. The van der Waals surface area contributed by atoms with Crippen LogP contribution in [0.5, 0.6) is 0 Å². The third-order valence-electron chi connectivity index (χ3n) is 4.06. The van der Waals surface area contributed by atoms with Crippen LogP contribution in [0.2, 0.25) is 0 Å². The molecule has 0 spiro atoms. The minimum Gasteiger partial charge on any atom is -0.350 e. The van der Waals surface area contributed by atoms with Crippen molar-refractivity contribution in [3.8, 4) is 0 Å². The molecule has 0 bridgehead atoms. The highest BCUT2D eigenvalue weighted by molar-refractivity contribution is 5.88. The molecule has 1 aromatic carbocycles. The Morgan fingerprint density at radius 3 is 2.73 bits per heavy atom. The summed E-state index contributed by atoms with van der Waals surface area (Å²) in [5.41, 5.74) is 1.04. The SMILES string of the molecule is CC(NC(=O)[C@H]1CCN[C@@H](C)C1)C(=O)NCc1ccccc1. The van der Waals surface area contributed by atoms with Gasteiger partial charge in [0.15, 0.2) is 0 Å². The maximum Gasteiger partial charge on any atom is 0.242 e. The monoisotopic (exact) mass is 303 g/mol. The fraction of sp³-hybridized carbons (Fsp3) is 0.529. The second-order valence-corrected chi connectivity index (χ2v) is 6.01. The molecule has 1 aliphatic heterocycles. The van der Waals surface area contributed by atoms with Crippen molar-refractivity contribution in [3.63, 3.8) is 0 Å². The van der Waals surface area contributed by atoms with Gasteiger partial charge in [0, 0.05) is 18.5 Å². The Hall–Kier alpha value is -1.88. The summed E-state index contributed by atoms with van der Waals surface area (Å²) in [6.07, 6.45) is 1.65. The van der Waals surface area contributed by atoms with E-state index in [0.717, 1.165) is 24.9 Å². The predicted octanol–water partition coefficient (Wildman–Crippen LogP) is 1.20. The average molecular weight is 303 g/mol. The number of carbonyl (C=O) groups excluding carboxylic acids is 2. The molecule has 2 rings (SSSR count). The summed E-state index contributed by atoms with van der Waals surface area (Å²) in [6.45, 7) is 5.14. The molecule has 1 saturated heterocycles. The van der Waals surface area contributed by atoms with Crippen LogP contribution >= 0.6 is 0 Å². The molecule has 5 nitrogen and oxygen atoms in total. The van der Waals surface area contributed by atoms with Gasteiger partial charge in [-0.15, -0.1) is 0 Å². The maximum absolute atomic E-state index is 12.2. The molecule has 0 radical (unpaired) electrons. The highest BCUT2D eigenvalue weighted by Crippen LogP contribution is 2.16. The zero-order valence-corrected chi connectivity index (χ0v) is 13.3. The summed E-state index contributed by atoms with van der Waals surface area (Å²) in [6, 6.07) is 9.57. The lowest BCUT2D eigenvalue weighted by atomic mass is 9.92. The number of piperidine rings is 1. The molecule has 1 aliphatic rings. The number of hydrogen-bond acceptors (Lipinski definition) is 3. The van der Waals surface area contributed by atoms with E-state index in [1.807, 2.05) is 30.3 Å². The fourth-order valence-electron chi connectivity index (χ4n) is 2.70. The molecule has 1 unspecified atom stereocenters. The van der Waals surface area contributed by atoms with Crippen molar-refractivity contribution >= 4 is 11.8 Å². The summed E-state index contributed by atoms with van der Waals surface area (Å²) >= 11 is 0. The van der Waals surface area contributed by atoms with Crippen LogP contribution in [0.25, 0.3) is 0 Å². The molecule has 3 atom stereocenters. The minimum absolute atomic E-state index is 0.000577. The molecule has 0 aliphatic carbocycles. The lowest BCUT2D eigenvalue weighted by Gasteiger charge is -2.28. The Balaban J connectivity index is 1.77. The molecule has 22 heavy (non-hydrogen) atoms. The van der Waals surface area contributed by atoms with Crippen molar-refractivity contribution in [1.82, 2.24) is 16.0 Å². The molecular formula is C17H25N3O2. The topological polar surface area (TPSA) is 70.2 Å². The maximum atomic E-state index is 12.2. The van der Waals surface area contributed by atoms with Gasteiger partial charge >= 0.3 is 0 Å². The van der Waals surface area contributed by atoms with E-state index in [-0.39, 0.29) is 17.7 Å². The van der Waals surface area contributed by atoms with Crippen LogP contribution in [0.15, 0.2) is 30.3 Å². The van der Waals surface area contributed by atoms with Crippen molar-refractivity contribution in [2.24, 2.45) is 5.92 Å². The van der Waals surface area contributed by atoms with Gasteiger partial charge in [0.05, 0.1) is 0 Å². The van der Waals surface area contributed by atoms with E-state index in [9.17, 15) is 9.59 Å². The molecule has 1 fully saturated rings. The molecule has 2 amide bonds. The first-order valence-corrected chi connectivity index (χ1v) is 7.91. The van der Waals surface area contributed by atoms with Gasteiger partial charge in [-0.2, -0.15) is 0 Å². The highest BCUT2D eigenvalue weighted by Gasteiger charge is 2.26. The van der Waals surface area contributed by atoms with E-state index in [0.29, 0.717) is 12.6 Å². The number of benzene rings is 1. The van der Waals surface area contributed by atoms with Gasteiger partial charge in [-0.3, -0.25) is 9.59 Å². The zero-order chi connectivity index (χ0) is 15.9. The Bertz CT molecular complexity index is 504. The molecule has 120 valence electrons. The standard InChI is InChI=1S/C17H25N3O2/c1-12-10-15(8-9-18-12)17(22)20-13(2)16(21)19-11-14-6-4-3-5-7-14/h3-7,12-13,15,18H,8-11H2,1-2H3,(H,19,21)(H,20,22)/t12-,13?,15-/m0/s1. The fourth-order valence-corrected chi connectivity index (χ4v) is 2.70. The average Bonchev–Trinajstić information content (AvgIpc) is 2.53. The highest BCUT2D eigenvalue weighted by atomic mass is 16.2. The second-order valence-electron chi connectivity index (χ2n) is 6.01. The summed E-state index contributed by atoms with van der Waals surface area (Å²) in [7, 11) is 0. The van der Waals surface area contributed by atoms with Crippen LogP contribution in [-0.2, 0) is 16.1 Å². The van der Waals surface area contributed by atoms with Crippen LogP contribution in [0.4, 0.5) is 0 Å². The quantitative estimate of drug-likeness (QED) is 0.765. The van der Waals surface area contributed by atoms with E-state index in [1.165, 1.54) is 0 Å². The molecule has 3 N–H and O–H groups in total. The lowest BCUT2D eigenvalue weighted by molar-refractivity contribution is -0.131. The van der Waals surface area contributed by atoms with Crippen LogP contribution in [-0.4, -0.2) is 30.4 Å². The van der Waals surface area contributed by atoms with Crippen LogP contribution < -0.4 is 16.0 Å². The zero-order valence-electron chi connectivity index (χ0n) is 13.3. The Morgan fingerprint density at radius 2 is 2.05 bits per heavy atom. The van der Waals surface area contributed by atoms with Gasteiger partial charge in [0.1, 0.15) is 6.04 Å². The number of nitrogens with one attached hydrogen (secondary N) is 3. The first-order valence-electron chi connectivity index (χ1n) is 7.91. The third-order valence-corrected chi connectivity index (χ3v) is 4.06. The Labute approximate surface area is 131 Å². The molecule has 0 aromatic heterocycles. The van der Waals surface area contributed by atoms with Crippen molar-refractivity contribution in [2.75, 3.05) is 6.54 Å². The Morgan fingerprint density at radius 1 is 1.32 bits per heavy atom. The van der Waals surface area contributed by atoms with E-state index < -0.39 is 6.04 Å². The second kappa shape index (κ2) is 7.94. The first kappa shape index (κ1) is 16.5. The summed E-state index contributed by atoms with van der Waals surface area (Å²) in [4.78, 5) is 24.3. The van der Waals surface area contributed by atoms with Crippen molar-refractivity contribution < 1.29 is 9.59 Å². The molecule has 0 saturated carbocycles. The number of rotatable bonds is 5. The normalized spacial score (nSPS) is 22.6. The van der Waals surface area contributed by atoms with Gasteiger partial charge in [-0.25, -0.2) is 0 Å². The minimum atomic E-state index is -0.513. The van der Waals surface area contributed by atoms with Gasteiger partial charge in [-0.05, 0) is 38.8 Å². The molecular weight excluding hydrogens is 278 g/mol. The van der Waals surface area contributed by atoms with Gasteiger partial charge in [0.25, 0.3) is 0 Å². The predicted molar refractivity (Wildman–Crippen MR) is 86.1 cm³/mol. The molecule has 1 aromatic rings. The lowest BCUT2D eigenvalue weighted by Crippen LogP contribution is -2.49. The summed E-state index contributed by atoms with van der Waals surface area (Å²) in [5.74, 6) is -0.171. The van der Waals surface area contributed by atoms with Crippen LogP contribution in [0, 0.1) is 5.92 Å². The molecule has 5 heteroatoms. The van der Waals surface area contributed by atoms with Gasteiger partial charge in [0.2, 0.25) is 11.8 Å². The first-order chi connectivity index (χ1) is 10.6. The van der Waals surface area contributed by atoms with E-state index in [1.54, 1.807) is 6.92 Å². The van der Waals surface area contributed by atoms with Gasteiger partial charge in [-0.1, -0.05) is 30.3 Å².